The van der Waals surface area contributed by atoms with Gasteiger partial charge in [0.2, 0.25) is 11.7 Å². The lowest BCUT2D eigenvalue weighted by Gasteiger charge is -2.26. The topological polar surface area (TPSA) is 131 Å². The number of anilines is 1. The molecule has 186 valence electrons. The average molecular weight is 502 g/mol. The maximum Gasteiger partial charge on any atom is 0.321 e. The van der Waals surface area contributed by atoms with Gasteiger partial charge in [0.1, 0.15) is 5.82 Å². The predicted octanol–water partition coefficient (Wildman–Crippen LogP) is 2.64. The van der Waals surface area contributed by atoms with E-state index in [0.29, 0.717) is 36.5 Å². The fraction of sp³-hybridized carbons (Fsp3) is 0.375. The van der Waals surface area contributed by atoms with Crippen molar-refractivity contribution in [2.75, 3.05) is 24.7 Å². The molecule has 0 saturated carbocycles. The van der Waals surface area contributed by atoms with E-state index in [0.717, 1.165) is 19.1 Å². The highest BCUT2D eigenvalue weighted by Crippen LogP contribution is 2.22. The van der Waals surface area contributed by atoms with E-state index in [4.69, 9.17) is 10.3 Å². The van der Waals surface area contributed by atoms with Crippen LogP contribution in [0.25, 0.3) is 11.4 Å². The van der Waals surface area contributed by atoms with E-state index in [1.807, 2.05) is 0 Å². The summed E-state index contributed by atoms with van der Waals surface area (Å²) in [6.45, 7) is 1.07. The lowest BCUT2D eigenvalue weighted by atomic mass is 10.0. The largest absolute Gasteiger partial charge is 0.338 e. The summed E-state index contributed by atoms with van der Waals surface area (Å²) in [4.78, 5) is 19.2. The first-order valence-corrected chi connectivity index (χ1v) is 13.3. The first-order valence-electron chi connectivity index (χ1n) is 11.4. The van der Waals surface area contributed by atoms with Crippen LogP contribution in [0.1, 0.15) is 24.8 Å². The molecule has 0 bridgehead atoms. The van der Waals surface area contributed by atoms with Gasteiger partial charge in [0.05, 0.1) is 4.90 Å². The molecule has 1 aliphatic heterocycles. The monoisotopic (exact) mass is 501 g/mol. The molecular formula is C24H28FN5O4S. The van der Waals surface area contributed by atoms with Crippen molar-refractivity contribution < 1.29 is 22.1 Å². The number of carbonyl (C=O) groups is 1. The van der Waals surface area contributed by atoms with Gasteiger partial charge < -0.3 is 20.5 Å². The quantitative estimate of drug-likeness (QED) is 0.457. The number of benzene rings is 2. The van der Waals surface area contributed by atoms with Gasteiger partial charge in [-0.2, -0.15) is 4.98 Å². The van der Waals surface area contributed by atoms with Crippen LogP contribution in [-0.2, 0) is 21.1 Å². The minimum atomic E-state index is -3.29. The van der Waals surface area contributed by atoms with Gasteiger partial charge in [0.15, 0.2) is 9.84 Å². The highest BCUT2D eigenvalue weighted by atomic mass is 32.2. The normalized spacial score (nSPS) is 16.9. The van der Waals surface area contributed by atoms with Gasteiger partial charge in [0.25, 0.3) is 0 Å². The molecule has 0 aliphatic carbocycles. The first-order chi connectivity index (χ1) is 16.7. The smallest absolute Gasteiger partial charge is 0.321 e. The van der Waals surface area contributed by atoms with Crippen molar-refractivity contribution in [2.45, 2.75) is 42.7 Å². The highest BCUT2D eigenvalue weighted by Gasteiger charge is 2.30. The molecule has 2 heterocycles. The van der Waals surface area contributed by atoms with Crippen LogP contribution in [0.2, 0.25) is 0 Å². The summed E-state index contributed by atoms with van der Waals surface area (Å²) in [5, 5.41) is 7.03. The molecule has 3 N–H and O–H groups in total. The molecule has 1 aromatic heterocycles. The van der Waals surface area contributed by atoms with Crippen LogP contribution in [0.3, 0.4) is 0 Å². The van der Waals surface area contributed by atoms with Crippen LogP contribution in [0.15, 0.2) is 57.9 Å². The molecule has 1 fully saturated rings. The number of likely N-dealkylation sites (tertiary alicyclic amines) is 1. The van der Waals surface area contributed by atoms with E-state index >= 15 is 0 Å². The molecular weight excluding hydrogens is 473 g/mol. The molecule has 1 aliphatic rings. The van der Waals surface area contributed by atoms with Gasteiger partial charge in [-0.25, -0.2) is 12.8 Å². The Morgan fingerprint density at radius 2 is 2.00 bits per heavy atom. The van der Waals surface area contributed by atoms with Crippen molar-refractivity contribution in [3.05, 3.63) is 59.9 Å². The van der Waals surface area contributed by atoms with E-state index in [9.17, 15) is 17.6 Å². The summed E-state index contributed by atoms with van der Waals surface area (Å²) >= 11 is 0. The van der Waals surface area contributed by atoms with Gasteiger partial charge >= 0.3 is 6.01 Å². The average Bonchev–Trinajstić information content (AvgIpc) is 3.48. The van der Waals surface area contributed by atoms with E-state index < -0.39 is 15.9 Å². The fourth-order valence-corrected chi connectivity index (χ4v) is 4.84. The number of nitrogens with two attached hydrogens (primary N) is 1. The molecule has 3 aromatic rings. The maximum atomic E-state index is 13.9. The summed E-state index contributed by atoms with van der Waals surface area (Å²) in [5.74, 6) is -0.0507. The summed E-state index contributed by atoms with van der Waals surface area (Å²) < 4.78 is 42.4. The van der Waals surface area contributed by atoms with Crippen molar-refractivity contribution in [1.29, 1.82) is 0 Å². The number of amides is 1. The number of rotatable bonds is 9. The number of halogens is 1. The zero-order valence-electron chi connectivity index (χ0n) is 19.4. The summed E-state index contributed by atoms with van der Waals surface area (Å²) in [5.41, 5.74) is 7.27. The third-order valence-corrected chi connectivity index (χ3v) is 7.16. The molecule has 0 spiro atoms. The van der Waals surface area contributed by atoms with E-state index in [2.05, 4.69) is 15.5 Å². The fourth-order valence-electron chi connectivity index (χ4n) is 4.21. The van der Waals surface area contributed by atoms with Crippen LogP contribution in [0.5, 0.6) is 0 Å². The van der Waals surface area contributed by atoms with Crippen LogP contribution in [0, 0.1) is 5.82 Å². The van der Waals surface area contributed by atoms with Gasteiger partial charge in [-0.1, -0.05) is 23.4 Å². The Labute approximate surface area is 203 Å². The number of hydrogen-bond acceptors (Lipinski definition) is 8. The highest BCUT2D eigenvalue weighted by molar-refractivity contribution is 7.90. The van der Waals surface area contributed by atoms with Crippen molar-refractivity contribution in [2.24, 2.45) is 5.73 Å². The standard InChI is InChI=1S/C24H28FN5O4S/c1-35(32,33)20-10-8-16(9-11-20)23-28-24(34-29-23)27-15-19-6-4-12-30(19)22(31)14-18(26)13-17-5-2-3-7-21(17)25/h2-3,5,7-11,18-19H,4,6,12-15,26H2,1H3,(H,27,28,29)/t18-,19?/m1/s1. The molecule has 0 radical (unpaired) electrons. The molecule has 11 heteroatoms. The SMILES string of the molecule is CS(=O)(=O)c1ccc(-c2noc(NCC3CCCN3C(=O)C[C@H](N)Cc3ccccc3F)n2)cc1. The third kappa shape index (κ3) is 6.23. The summed E-state index contributed by atoms with van der Waals surface area (Å²) in [6.07, 6.45) is 3.29. The Balaban J connectivity index is 1.31. The summed E-state index contributed by atoms with van der Waals surface area (Å²) in [6, 6.07) is 12.4. The van der Waals surface area contributed by atoms with Crippen molar-refractivity contribution in [3.8, 4) is 11.4 Å². The van der Waals surface area contributed by atoms with Crippen molar-refractivity contribution in [1.82, 2.24) is 15.0 Å². The second-order valence-corrected chi connectivity index (χ2v) is 10.8. The van der Waals surface area contributed by atoms with Crippen LogP contribution < -0.4 is 11.1 Å². The molecule has 9 nitrogen and oxygen atoms in total. The zero-order chi connectivity index (χ0) is 25.0. The second kappa shape index (κ2) is 10.5. The van der Waals surface area contributed by atoms with Crippen molar-refractivity contribution >= 4 is 21.8 Å². The molecule has 4 rings (SSSR count). The Kier molecular flexibility index (Phi) is 7.46. The minimum absolute atomic E-state index is 0.0486. The van der Waals surface area contributed by atoms with Gasteiger partial charge in [-0.05, 0) is 55.2 Å². The Bertz CT molecular complexity index is 1280. The van der Waals surface area contributed by atoms with Crippen molar-refractivity contribution in [3.63, 3.8) is 0 Å². The number of nitrogens with one attached hydrogen (secondary N) is 1. The maximum absolute atomic E-state index is 13.9. The second-order valence-electron chi connectivity index (χ2n) is 8.74. The minimum Gasteiger partial charge on any atom is -0.338 e. The molecule has 2 aromatic carbocycles. The molecule has 1 unspecified atom stereocenters. The number of sulfone groups is 1. The number of nitrogens with zero attached hydrogens (tertiary/aromatic N) is 3. The Hall–Kier alpha value is -3.31. The lowest BCUT2D eigenvalue weighted by Crippen LogP contribution is -2.42. The third-order valence-electron chi connectivity index (χ3n) is 6.03. The number of carbonyl (C=O) groups excluding carboxylic acids is 1. The predicted molar refractivity (Wildman–Crippen MR) is 129 cm³/mol. The van der Waals surface area contributed by atoms with Crippen LogP contribution in [-0.4, -0.2) is 60.8 Å². The van der Waals surface area contributed by atoms with Crippen LogP contribution >= 0.6 is 0 Å². The zero-order valence-corrected chi connectivity index (χ0v) is 20.2. The van der Waals surface area contributed by atoms with Gasteiger partial charge in [0, 0.05) is 43.4 Å². The first kappa shape index (κ1) is 24.8. The summed E-state index contributed by atoms with van der Waals surface area (Å²) in [7, 11) is -3.29. The van der Waals surface area contributed by atoms with Gasteiger partial charge in [-0.3, -0.25) is 4.79 Å². The van der Waals surface area contributed by atoms with E-state index in [1.165, 1.54) is 18.2 Å². The Morgan fingerprint density at radius 3 is 2.71 bits per heavy atom. The number of hydrogen-bond donors (Lipinski definition) is 2. The molecule has 35 heavy (non-hydrogen) atoms. The van der Waals surface area contributed by atoms with Crippen LogP contribution in [0.4, 0.5) is 10.4 Å². The molecule has 1 saturated heterocycles. The molecule has 2 atom stereocenters. The number of aromatic nitrogens is 2. The Morgan fingerprint density at radius 1 is 1.26 bits per heavy atom. The van der Waals surface area contributed by atoms with Gasteiger partial charge in [-0.15, -0.1) is 0 Å². The lowest BCUT2D eigenvalue weighted by molar-refractivity contribution is -0.132. The van der Waals surface area contributed by atoms with E-state index in [-0.39, 0.29) is 35.1 Å². The van der Waals surface area contributed by atoms with E-state index in [1.54, 1.807) is 35.2 Å². The molecule has 1 amide bonds.